The van der Waals surface area contributed by atoms with Crippen LogP contribution in [-0.2, 0) is 0 Å². The monoisotopic (exact) mass is 390 g/mol. The number of benzene rings is 3. The molecule has 0 bridgehead atoms. The van der Waals surface area contributed by atoms with Gasteiger partial charge in [-0.05, 0) is 66.2 Å². The lowest BCUT2D eigenvalue weighted by atomic mass is 9.77. The predicted molar refractivity (Wildman–Crippen MR) is 120 cm³/mol. The van der Waals surface area contributed by atoms with E-state index in [1.165, 1.54) is 50.5 Å². The van der Waals surface area contributed by atoms with Crippen LogP contribution in [0.1, 0.15) is 63.4 Å². The highest BCUT2D eigenvalue weighted by molar-refractivity contribution is 5.89. The summed E-state index contributed by atoms with van der Waals surface area (Å²) in [7, 11) is 1.64. The zero-order valence-electron chi connectivity index (χ0n) is 17.6. The van der Waals surface area contributed by atoms with Crippen LogP contribution in [-0.4, -0.2) is 7.11 Å². The quantitative estimate of drug-likeness (QED) is 0.413. The van der Waals surface area contributed by atoms with Crippen molar-refractivity contribution in [3.63, 3.8) is 0 Å². The van der Waals surface area contributed by atoms with Crippen molar-refractivity contribution in [3.05, 3.63) is 66.0 Å². The van der Waals surface area contributed by atoms with E-state index >= 15 is 4.39 Å². The average molecular weight is 391 g/mol. The Morgan fingerprint density at radius 2 is 1.69 bits per heavy atom. The minimum atomic E-state index is -0.137. The van der Waals surface area contributed by atoms with Crippen molar-refractivity contribution in [2.45, 2.75) is 57.8 Å². The molecule has 0 radical (unpaired) electrons. The van der Waals surface area contributed by atoms with Gasteiger partial charge in [-0.1, -0.05) is 68.7 Å². The Kier molecular flexibility index (Phi) is 6.18. The molecule has 0 saturated heterocycles. The van der Waals surface area contributed by atoms with Crippen molar-refractivity contribution in [1.82, 2.24) is 0 Å². The fourth-order valence-corrected chi connectivity index (χ4v) is 4.84. The van der Waals surface area contributed by atoms with Crippen molar-refractivity contribution in [2.75, 3.05) is 7.11 Å². The second kappa shape index (κ2) is 8.98. The molecule has 1 fully saturated rings. The fraction of sp³-hybridized carbons (Fsp3) is 0.407. The highest BCUT2D eigenvalue weighted by Gasteiger charge is 2.22. The predicted octanol–water partition coefficient (Wildman–Crippen LogP) is 8.12. The highest BCUT2D eigenvalue weighted by Crippen LogP contribution is 2.39. The van der Waals surface area contributed by atoms with Crippen molar-refractivity contribution in [1.29, 1.82) is 0 Å². The van der Waals surface area contributed by atoms with Crippen LogP contribution in [0, 0.1) is 11.7 Å². The van der Waals surface area contributed by atoms with Crippen LogP contribution in [0.25, 0.3) is 21.9 Å². The van der Waals surface area contributed by atoms with Crippen LogP contribution in [0.4, 0.5) is 4.39 Å². The maximum atomic E-state index is 15.2. The van der Waals surface area contributed by atoms with Gasteiger partial charge in [-0.2, -0.15) is 0 Å². The first-order valence-electron chi connectivity index (χ1n) is 11.1. The molecule has 4 rings (SSSR count). The molecule has 0 atom stereocenters. The number of hydrogen-bond acceptors (Lipinski definition) is 1. The summed E-state index contributed by atoms with van der Waals surface area (Å²) >= 11 is 0. The lowest BCUT2D eigenvalue weighted by Crippen LogP contribution is -2.13. The first-order chi connectivity index (χ1) is 14.2. The summed E-state index contributed by atoms with van der Waals surface area (Å²) in [6.07, 6.45) is 9.27. The Bertz CT molecular complexity index is 952. The topological polar surface area (TPSA) is 9.23 Å². The van der Waals surface area contributed by atoms with E-state index < -0.39 is 0 Å². The van der Waals surface area contributed by atoms with Gasteiger partial charge in [-0.25, -0.2) is 4.39 Å². The number of fused-ring (bicyclic) bond motifs is 1. The minimum absolute atomic E-state index is 0.137. The third-order valence-corrected chi connectivity index (χ3v) is 6.66. The Labute approximate surface area is 173 Å². The fourth-order valence-electron chi connectivity index (χ4n) is 4.84. The number of hydrogen-bond donors (Lipinski definition) is 0. The van der Waals surface area contributed by atoms with E-state index in [0.29, 0.717) is 16.9 Å². The molecule has 0 unspecified atom stereocenters. The molecule has 0 amide bonds. The summed E-state index contributed by atoms with van der Waals surface area (Å²) < 4.78 is 20.5. The maximum Gasteiger partial charge on any atom is 0.138 e. The van der Waals surface area contributed by atoms with E-state index in [4.69, 9.17) is 4.74 Å². The van der Waals surface area contributed by atoms with Crippen molar-refractivity contribution in [2.24, 2.45) is 5.92 Å². The van der Waals surface area contributed by atoms with E-state index in [1.54, 1.807) is 7.11 Å². The van der Waals surface area contributed by atoms with E-state index in [9.17, 15) is 0 Å². The Morgan fingerprint density at radius 3 is 2.38 bits per heavy atom. The minimum Gasteiger partial charge on any atom is -0.497 e. The van der Waals surface area contributed by atoms with Gasteiger partial charge < -0.3 is 4.74 Å². The molecule has 0 aliphatic heterocycles. The van der Waals surface area contributed by atoms with Gasteiger partial charge in [0.15, 0.2) is 0 Å². The highest BCUT2D eigenvalue weighted by atomic mass is 19.1. The molecule has 0 N–H and O–H groups in total. The summed E-state index contributed by atoms with van der Waals surface area (Å²) in [5.41, 5.74) is 2.90. The number of methoxy groups -OCH3 is 1. The molecule has 29 heavy (non-hydrogen) atoms. The summed E-state index contributed by atoms with van der Waals surface area (Å²) in [5.74, 6) is 2.18. The van der Waals surface area contributed by atoms with Crippen LogP contribution < -0.4 is 4.74 Å². The second-order valence-corrected chi connectivity index (χ2v) is 8.50. The van der Waals surface area contributed by atoms with Gasteiger partial charge in [0, 0.05) is 10.9 Å². The van der Waals surface area contributed by atoms with Crippen molar-refractivity contribution >= 4 is 10.8 Å². The number of ether oxygens (including phenoxy) is 1. The zero-order chi connectivity index (χ0) is 20.2. The summed E-state index contributed by atoms with van der Waals surface area (Å²) in [5, 5.41) is 1.71. The van der Waals surface area contributed by atoms with Gasteiger partial charge in [-0.3, -0.25) is 0 Å². The molecule has 1 aliphatic carbocycles. The first kappa shape index (κ1) is 19.9. The zero-order valence-corrected chi connectivity index (χ0v) is 17.6. The van der Waals surface area contributed by atoms with Crippen LogP contribution in [0.2, 0.25) is 0 Å². The molecule has 152 valence electrons. The Morgan fingerprint density at radius 1 is 0.931 bits per heavy atom. The Hall–Kier alpha value is -2.35. The molecule has 2 heteroatoms. The molecule has 1 aliphatic rings. The second-order valence-electron chi connectivity index (χ2n) is 8.50. The molecule has 1 saturated carbocycles. The molecule has 3 aromatic rings. The van der Waals surface area contributed by atoms with Gasteiger partial charge in [0.1, 0.15) is 11.6 Å². The normalized spacial score (nSPS) is 19.4. The SMILES string of the molecule is CCCCC1CCC(c2ccc3c(F)c(-c4ccc(OC)cc4)ccc3c2)CC1. The van der Waals surface area contributed by atoms with Gasteiger partial charge in [0.25, 0.3) is 0 Å². The van der Waals surface area contributed by atoms with Crippen molar-refractivity contribution in [3.8, 4) is 16.9 Å². The van der Waals surface area contributed by atoms with E-state index in [-0.39, 0.29) is 5.82 Å². The van der Waals surface area contributed by atoms with E-state index in [0.717, 1.165) is 22.6 Å². The van der Waals surface area contributed by atoms with Crippen LogP contribution in [0.3, 0.4) is 0 Å². The number of unbranched alkanes of at least 4 members (excludes halogenated alkanes) is 1. The first-order valence-corrected chi connectivity index (χ1v) is 11.1. The van der Waals surface area contributed by atoms with E-state index in [1.807, 2.05) is 36.4 Å². The van der Waals surface area contributed by atoms with Gasteiger partial charge >= 0.3 is 0 Å². The largest absolute Gasteiger partial charge is 0.497 e. The third-order valence-electron chi connectivity index (χ3n) is 6.66. The smallest absolute Gasteiger partial charge is 0.138 e. The van der Waals surface area contributed by atoms with E-state index in [2.05, 4.69) is 25.1 Å². The molecule has 0 aromatic heterocycles. The van der Waals surface area contributed by atoms with Gasteiger partial charge in [0.05, 0.1) is 7.11 Å². The molecule has 0 heterocycles. The maximum absolute atomic E-state index is 15.2. The molecular formula is C27H31FO. The molecule has 1 nitrogen and oxygen atoms in total. The standard InChI is InChI=1S/C27H31FO/c1-3-4-5-19-6-8-20(9-7-19)22-12-16-26-23(18-22)13-17-25(27(26)28)21-10-14-24(29-2)15-11-21/h10-20H,3-9H2,1-2H3. The van der Waals surface area contributed by atoms with Gasteiger partial charge in [-0.15, -0.1) is 0 Å². The summed E-state index contributed by atoms with van der Waals surface area (Å²) in [4.78, 5) is 0. The van der Waals surface area contributed by atoms with Crippen molar-refractivity contribution < 1.29 is 9.13 Å². The van der Waals surface area contributed by atoms with Crippen LogP contribution in [0.5, 0.6) is 5.75 Å². The summed E-state index contributed by atoms with van der Waals surface area (Å²) in [6.45, 7) is 2.28. The van der Waals surface area contributed by atoms with Crippen LogP contribution >= 0.6 is 0 Å². The number of rotatable bonds is 6. The molecular weight excluding hydrogens is 359 g/mol. The third kappa shape index (κ3) is 4.32. The molecule has 0 spiro atoms. The van der Waals surface area contributed by atoms with Gasteiger partial charge in [0.2, 0.25) is 0 Å². The lowest BCUT2D eigenvalue weighted by Gasteiger charge is -2.29. The average Bonchev–Trinajstić information content (AvgIpc) is 2.78. The molecule has 3 aromatic carbocycles. The lowest BCUT2D eigenvalue weighted by molar-refractivity contribution is 0.304. The summed E-state index contributed by atoms with van der Waals surface area (Å²) in [6, 6.07) is 17.9. The Balaban J connectivity index is 1.54. The number of halogens is 1. The van der Waals surface area contributed by atoms with Crippen LogP contribution in [0.15, 0.2) is 54.6 Å².